The van der Waals surface area contributed by atoms with Crippen LogP contribution >= 0.6 is 0 Å². The van der Waals surface area contributed by atoms with Crippen molar-refractivity contribution in [2.45, 2.75) is 46.5 Å². The lowest BCUT2D eigenvalue weighted by molar-refractivity contribution is 0.342. The van der Waals surface area contributed by atoms with E-state index < -0.39 is 0 Å². The molecule has 0 atom stereocenters. The predicted molar refractivity (Wildman–Crippen MR) is 77.6 cm³/mol. The Morgan fingerprint density at radius 3 is 2.61 bits per heavy atom. The molecule has 2 heteroatoms. The van der Waals surface area contributed by atoms with E-state index in [0.717, 1.165) is 17.8 Å². The summed E-state index contributed by atoms with van der Waals surface area (Å²) in [5.41, 5.74) is 1.95. The van der Waals surface area contributed by atoms with Gasteiger partial charge in [0.05, 0.1) is 11.3 Å². The Kier molecular flexibility index (Phi) is 5.71. The van der Waals surface area contributed by atoms with Crippen molar-refractivity contribution in [3.8, 4) is 6.07 Å². The number of anilines is 1. The second-order valence-electron chi connectivity index (χ2n) is 5.63. The normalized spacial score (nSPS) is 11.0. The fourth-order valence-corrected chi connectivity index (χ4v) is 2.01. The van der Waals surface area contributed by atoms with Crippen molar-refractivity contribution in [1.29, 1.82) is 5.26 Å². The van der Waals surface area contributed by atoms with Gasteiger partial charge in [-0.25, -0.2) is 0 Å². The second kappa shape index (κ2) is 7.06. The summed E-state index contributed by atoms with van der Waals surface area (Å²) in [5, 5.41) is 12.4. The molecule has 18 heavy (non-hydrogen) atoms. The van der Waals surface area contributed by atoms with E-state index in [4.69, 9.17) is 5.26 Å². The van der Waals surface area contributed by atoms with E-state index in [1.165, 1.54) is 25.7 Å². The predicted octanol–water partition coefficient (Wildman–Crippen LogP) is 4.58. The summed E-state index contributed by atoms with van der Waals surface area (Å²) in [7, 11) is 0. The lowest BCUT2D eigenvalue weighted by atomic mass is 9.86. The molecule has 1 N–H and O–H groups in total. The van der Waals surface area contributed by atoms with Crippen LogP contribution < -0.4 is 5.32 Å². The molecular formula is C16H24N2. The highest BCUT2D eigenvalue weighted by Gasteiger charge is 2.17. The third-order valence-corrected chi connectivity index (χ3v) is 3.26. The van der Waals surface area contributed by atoms with Crippen LogP contribution in [-0.2, 0) is 0 Å². The summed E-state index contributed by atoms with van der Waals surface area (Å²) >= 11 is 0. The molecule has 0 aromatic heterocycles. The van der Waals surface area contributed by atoms with Crippen LogP contribution in [-0.4, -0.2) is 6.54 Å². The number of hydrogen-bond donors (Lipinski definition) is 1. The molecule has 0 amide bonds. The number of benzene rings is 1. The van der Waals surface area contributed by atoms with Crippen molar-refractivity contribution in [3.63, 3.8) is 0 Å². The van der Waals surface area contributed by atoms with Crippen molar-refractivity contribution in [3.05, 3.63) is 29.8 Å². The summed E-state index contributed by atoms with van der Waals surface area (Å²) in [5.74, 6) is 0. The minimum absolute atomic E-state index is 0.276. The number of nitrogens with zero attached hydrogens (tertiary/aromatic N) is 1. The van der Waals surface area contributed by atoms with Gasteiger partial charge in [-0.3, -0.25) is 0 Å². The highest BCUT2D eigenvalue weighted by molar-refractivity contribution is 5.57. The molecule has 1 aromatic carbocycles. The molecule has 0 saturated carbocycles. The van der Waals surface area contributed by atoms with E-state index in [1.54, 1.807) is 0 Å². The van der Waals surface area contributed by atoms with Crippen LogP contribution in [0.3, 0.4) is 0 Å². The van der Waals surface area contributed by atoms with Crippen LogP contribution in [0.1, 0.15) is 52.0 Å². The minimum atomic E-state index is 0.276. The summed E-state index contributed by atoms with van der Waals surface area (Å²) in [4.78, 5) is 0. The second-order valence-corrected chi connectivity index (χ2v) is 5.63. The van der Waals surface area contributed by atoms with Crippen molar-refractivity contribution in [2.24, 2.45) is 5.41 Å². The van der Waals surface area contributed by atoms with Gasteiger partial charge >= 0.3 is 0 Å². The highest BCUT2D eigenvalue weighted by Crippen LogP contribution is 2.25. The Morgan fingerprint density at radius 2 is 1.94 bits per heavy atom. The Balaban J connectivity index is 2.51. The van der Waals surface area contributed by atoms with Crippen molar-refractivity contribution in [2.75, 3.05) is 11.9 Å². The maximum atomic E-state index is 9.03. The highest BCUT2D eigenvalue weighted by atomic mass is 14.9. The fraction of sp³-hybridized carbons (Fsp3) is 0.562. The Bertz CT molecular complexity index is 402. The largest absolute Gasteiger partial charge is 0.383 e. The molecule has 0 spiro atoms. The fourth-order valence-electron chi connectivity index (χ4n) is 2.01. The lowest BCUT2D eigenvalue weighted by Gasteiger charge is -2.25. The minimum Gasteiger partial charge on any atom is -0.383 e. The van der Waals surface area contributed by atoms with Crippen molar-refractivity contribution < 1.29 is 0 Å². The number of para-hydroxylation sites is 1. The first-order valence-electron chi connectivity index (χ1n) is 6.82. The summed E-state index contributed by atoms with van der Waals surface area (Å²) in [6.45, 7) is 7.71. The Morgan fingerprint density at radius 1 is 1.22 bits per heavy atom. The standard InChI is InChI=1S/C16H24N2/c1-4-5-8-11-16(2,3)13-18-15-10-7-6-9-14(15)12-17/h6-7,9-10,18H,4-5,8,11,13H2,1-3H3. The van der Waals surface area contributed by atoms with Gasteiger partial charge in [0.15, 0.2) is 0 Å². The number of hydrogen-bond acceptors (Lipinski definition) is 2. The first-order valence-corrected chi connectivity index (χ1v) is 6.82. The zero-order valence-electron chi connectivity index (χ0n) is 11.8. The van der Waals surface area contributed by atoms with E-state index in [1.807, 2.05) is 24.3 Å². The third-order valence-electron chi connectivity index (χ3n) is 3.26. The van der Waals surface area contributed by atoms with Crippen LogP contribution in [0.2, 0.25) is 0 Å². The molecule has 0 aliphatic rings. The number of nitriles is 1. The first kappa shape index (κ1) is 14.6. The quantitative estimate of drug-likeness (QED) is 0.713. The maximum Gasteiger partial charge on any atom is 0.101 e. The van der Waals surface area contributed by atoms with Gasteiger partial charge in [0, 0.05) is 6.54 Å². The molecule has 0 saturated heterocycles. The molecule has 0 heterocycles. The molecule has 1 rings (SSSR count). The number of rotatable bonds is 7. The van der Waals surface area contributed by atoms with Crippen LogP contribution in [0.4, 0.5) is 5.69 Å². The maximum absolute atomic E-state index is 9.03. The third kappa shape index (κ3) is 4.79. The van der Waals surface area contributed by atoms with Gasteiger partial charge in [-0.15, -0.1) is 0 Å². The van der Waals surface area contributed by atoms with Gasteiger partial charge in [0.2, 0.25) is 0 Å². The number of unbranched alkanes of at least 4 members (excludes halogenated alkanes) is 2. The van der Waals surface area contributed by atoms with E-state index in [9.17, 15) is 0 Å². The van der Waals surface area contributed by atoms with Gasteiger partial charge in [-0.2, -0.15) is 5.26 Å². The zero-order valence-corrected chi connectivity index (χ0v) is 11.8. The SMILES string of the molecule is CCCCCC(C)(C)CNc1ccccc1C#N. The summed E-state index contributed by atoms with van der Waals surface area (Å²) in [6, 6.07) is 9.91. The van der Waals surface area contributed by atoms with Gasteiger partial charge < -0.3 is 5.32 Å². The molecule has 0 aliphatic carbocycles. The summed E-state index contributed by atoms with van der Waals surface area (Å²) in [6.07, 6.45) is 5.08. The molecule has 0 aliphatic heterocycles. The lowest BCUT2D eigenvalue weighted by Crippen LogP contribution is -2.23. The van der Waals surface area contributed by atoms with E-state index in [0.29, 0.717) is 0 Å². The molecule has 2 nitrogen and oxygen atoms in total. The van der Waals surface area contributed by atoms with Crippen molar-refractivity contribution in [1.82, 2.24) is 0 Å². The van der Waals surface area contributed by atoms with E-state index >= 15 is 0 Å². The van der Waals surface area contributed by atoms with Gasteiger partial charge in [0.25, 0.3) is 0 Å². The van der Waals surface area contributed by atoms with Gasteiger partial charge in [0.1, 0.15) is 6.07 Å². The molecule has 0 radical (unpaired) electrons. The van der Waals surface area contributed by atoms with Crippen LogP contribution in [0.5, 0.6) is 0 Å². The van der Waals surface area contributed by atoms with Crippen LogP contribution in [0, 0.1) is 16.7 Å². The van der Waals surface area contributed by atoms with Crippen molar-refractivity contribution >= 4 is 5.69 Å². The Labute approximate surface area is 111 Å². The summed E-state index contributed by atoms with van der Waals surface area (Å²) < 4.78 is 0. The monoisotopic (exact) mass is 244 g/mol. The molecule has 1 aromatic rings. The molecule has 0 unspecified atom stereocenters. The smallest absolute Gasteiger partial charge is 0.101 e. The Hall–Kier alpha value is -1.49. The average molecular weight is 244 g/mol. The van der Waals surface area contributed by atoms with Gasteiger partial charge in [-0.05, 0) is 24.0 Å². The molecule has 98 valence electrons. The van der Waals surface area contributed by atoms with Crippen LogP contribution in [0.25, 0.3) is 0 Å². The van der Waals surface area contributed by atoms with Gasteiger partial charge in [-0.1, -0.05) is 52.2 Å². The van der Waals surface area contributed by atoms with E-state index in [-0.39, 0.29) is 5.41 Å². The molecule has 0 bridgehead atoms. The zero-order chi connectivity index (χ0) is 13.4. The first-order chi connectivity index (χ1) is 8.59. The van der Waals surface area contributed by atoms with Crippen LogP contribution in [0.15, 0.2) is 24.3 Å². The molecular weight excluding hydrogens is 220 g/mol. The topological polar surface area (TPSA) is 35.8 Å². The average Bonchev–Trinajstić information content (AvgIpc) is 2.37. The molecule has 0 fully saturated rings. The van der Waals surface area contributed by atoms with E-state index in [2.05, 4.69) is 32.2 Å². The number of nitrogens with one attached hydrogen (secondary N) is 1.